The SMILES string of the molecule is COC(=O)C=CC(=O)NCC(OC(C)(C)C)OC(C)(C)C. The van der Waals surface area contributed by atoms with E-state index in [1.807, 2.05) is 41.5 Å². The molecule has 0 aromatic rings. The van der Waals surface area contributed by atoms with Crippen LogP contribution in [-0.2, 0) is 23.8 Å². The first-order valence-electron chi connectivity index (χ1n) is 6.82. The van der Waals surface area contributed by atoms with E-state index in [2.05, 4.69) is 10.1 Å². The van der Waals surface area contributed by atoms with Crippen LogP contribution in [0.2, 0.25) is 0 Å². The first kappa shape index (κ1) is 19.6. The zero-order valence-corrected chi connectivity index (χ0v) is 14.0. The molecular weight excluding hydrogens is 274 g/mol. The van der Waals surface area contributed by atoms with Gasteiger partial charge in [0.2, 0.25) is 5.91 Å². The van der Waals surface area contributed by atoms with Crippen LogP contribution in [0.3, 0.4) is 0 Å². The van der Waals surface area contributed by atoms with Gasteiger partial charge in [-0.25, -0.2) is 4.79 Å². The molecule has 1 amide bonds. The Labute approximate surface area is 126 Å². The van der Waals surface area contributed by atoms with Gasteiger partial charge in [-0.05, 0) is 41.5 Å². The highest BCUT2D eigenvalue weighted by Crippen LogP contribution is 2.17. The molecule has 21 heavy (non-hydrogen) atoms. The van der Waals surface area contributed by atoms with Gasteiger partial charge in [-0.3, -0.25) is 4.79 Å². The van der Waals surface area contributed by atoms with Crippen LogP contribution < -0.4 is 5.32 Å². The third kappa shape index (κ3) is 12.1. The van der Waals surface area contributed by atoms with E-state index in [-0.39, 0.29) is 6.54 Å². The minimum atomic E-state index is -0.585. The van der Waals surface area contributed by atoms with Crippen LogP contribution in [-0.4, -0.2) is 43.0 Å². The Balaban J connectivity index is 4.51. The number of methoxy groups -OCH3 is 1. The lowest BCUT2D eigenvalue weighted by Crippen LogP contribution is -2.42. The van der Waals surface area contributed by atoms with Gasteiger partial charge in [-0.1, -0.05) is 0 Å². The molecule has 0 unspecified atom stereocenters. The summed E-state index contributed by atoms with van der Waals surface area (Å²) in [6, 6.07) is 0. The molecule has 0 heterocycles. The monoisotopic (exact) mass is 301 g/mol. The van der Waals surface area contributed by atoms with Crippen molar-refractivity contribution < 1.29 is 23.8 Å². The van der Waals surface area contributed by atoms with Gasteiger partial charge in [0.05, 0.1) is 24.9 Å². The highest BCUT2D eigenvalue weighted by Gasteiger charge is 2.24. The number of ether oxygens (including phenoxy) is 3. The number of nitrogens with one attached hydrogen (secondary N) is 1. The van der Waals surface area contributed by atoms with Crippen LogP contribution in [0.15, 0.2) is 12.2 Å². The predicted molar refractivity (Wildman–Crippen MR) is 79.6 cm³/mol. The van der Waals surface area contributed by atoms with Crippen LogP contribution in [0.1, 0.15) is 41.5 Å². The number of amides is 1. The van der Waals surface area contributed by atoms with Crippen LogP contribution in [0.25, 0.3) is 0 Å². The van der Waals surface area contributed by atoms with Crippen molar-refractivity contribution in [1.29, 1.82) is 0 Å². The van der Waals surface area contributed by atoms with Crippen LogP contribution in [0, 0.1) is 0 Å². The van der Waals surface area contributed by atoms with Crippen molar-refractivity contribution in [3.63, 3.8) is 0 Å². The van der Waals surface area contributed by atoms with Gasteiger partial charge in [0.15, 0.2) is 6.29 Å². The first-order valence-corrected chi connectivity index (χ1v) is 6.82. The summed E-state index contributed by atoms with van der Waals surface area (Å²) in [7, 11) is 1.24. The average molecular weight is 301 g/mol. The lowest BCUT2D eigenvalue weighted by Gasteiger charge is -2.32. The fourth-order valence-electron chi connectivity index (χ4n) is 1.35. The normalized spacial score (nSPS) is 12.8. The maximum absolute atomic E-state index is 11.6. The van der Waals surface area contributed by atoms with E-state index in [0.717, 1.165) is 12.2 Å². The number of hydrogen-bond acceptors (Lipinski definition) is 5. The van der Waals surface area contributed by atoms with Crippen molar-refractivity contribution in [2.45, 2.75) is 59.0 Å². The molecule has 0 aliphatic rings. The minimum Gasteiger partial charge on any atom is -0.466 e. The van der Waals surface area contributed by atoms with Gasteiger partial charge in [-0.2, -0.15) is 0 Å². The Morgan fingerprint density at radius 2 is 1.48 bits per heavy atom. The third-order valence-electron chi connectivity index (χ3n) is 1.98. The van der Waals surface area contributed by atoms with E-state index < -0.39 is 29.4 Å². The summed E-state index contributed by atoms with van der Waals surface area (Å²) in [6.07, 6.45) is 1.58. The Bertz CT molecular complexity index is 361. The molecule has 6 heteroatoms. The summed E-state index contributed by atoms with van der Waals surface area (Å²) in [4.78, 5) is 22.5. The third-order valence-corrected chi connectivity index (χ3v) is 1.98. The van der Waals surface area contributed by atoms with Gasteiger partial charge in [0.1, 0.15) is 0 Å². The van der Waals surface area contributed by atoms with E-state index in [1.165, 1.54) is 7.11 Å². The molecule has 0 saturated heterocycles. The molecule has 0 spiro atoms. The summed E-state index contributed by atoms with van der Waals surface area (Å²) in [5, 5.41) is 2.62. The molecule has 0 radical (unpaired) electrons. The van der Waals surface area contributed by atoms with E-state index in [0.29, 0.717) is 0 Å². The van der Waals surface area contributed by atoms with Crippen LogP contribution in [0.4, 0.5) is 0 Å². The molecule has 0 atom stereocenters. The smallest absolute Gasteiger partial charge is 0.330 e. The van der Waals surface area contributed by atoms with Crippen molar-refractivity contribution in [2.24, 2.45) is 0 Å². The fraction of sp³-hybridized carbons (Fsp3) is 0.733. The number of esters is 1. The summed E-state index contributed by atoms with van der Waals surface area (Å²) < 4.78 is 15.9. The van der Waals surface area contributed by atoms with Gasteiger partial charge in [-0.15, -0.1) is 0 Å². The maximum Gasteiger partial charge on any atom is 0.330 e. The molecule has 6 nitrogen and oxygen atoms in total. The summed E-state index contributed by atoms with van der Waals surface area (Å²) >= 11 is 0. The van der Waals surface area contributed by atoms with Crippen molar-refractivity contribution in [1.82, 2.24) is 5.32 Å². The highest BCUT2D eigenvalue weighted by atomic mass is 16.7. The van der Waals surface area contributed by atoms with Crippen LogP contribution >= 0.6 is 0 Å². The largest absolute Gasteiger partial charge is 0.466 e. The molecular formula is C15H27NO5. The maximum atomic E-state index is 11.6. The van der Waals surface area contributed by atoms with Gasteiger partial charge in [0, 0.05) is 12.2 Å². The van der Waals surface area contributed by atoms with Crippen molar-refractivity contribution in [2.75, 3.05) is 13.7 Å². The lowest BCUT2D eigenvalue weighted by atomic mass is 10.2. The lowest BCUT2D eigenvalue weighted by molar-refractivity contribution is -0.230. The Morgan fingerprint density at radius 1 is 1.00 bits per heavy atom. The van der Waals surface area contributed by atoms with E-state index in [9.17, 15) is 9.59 Å². The zero-order valence-electron chi connectivity index (χ0n) is 14.0. The van der Waals surface area contributed by atoms with Crippen LogP contribution in [0.5, 0.6) is 0 Å². The number of carbonyl (C=O) groups excluding carboxylic acids is 2. The molecule has 0 aliphatic carbocycles. The molecule has 0 aromatic heterocycles. The molecule has 0 rings (SSSR count). The van der Waals surface area contributed by atoms with Gasteiger partial charge < -0.3 is 19.5 Å². The number of carbonyl (C=O) groups is 2. The van der Waals surface area contributed by atoms with Crippen molar-refractivity contribution in [3.05, 3.63) is 12.2 Å². The number of hydrogen-bond donors (Lipinski definition) is 1. The Hall–Kier alpha value is -1.40. The van der Waals surface area contributed by atoms with E-state index in [4.69, 9.17) is 9.47 Å². The van der Waals surface area contributed by atoms with Gasteiger partial charge >= 0.3 is 5.97 Å². The van der Waals surface area contributed by atoms with Gasteiger partial charge in [0.25, 0.3) is 0 Å². The average Bonchev–Trinajstić information content (AvgIpc) is 2.29. The zero-order chi connectivity index (χ0) is 16.7. The second-order valence-corrected chi connectivity index (χ2v) is 6.49. The molecule has 1 N–H and O–H groups in total. The second kappa shape index (κ2) is 8.14. The van der Waals surface area contributed by atoms with Crippen molar-refractivity contribution in [3.8, 4) is 0 Å². The second-order valence-electron chi connectivity index (χ2n) is 6.49. The van der Waals surface area contributed by atoms with E-state index >= 15 is 0 Å². The predicted octanol–water partition coefficient (Wildman–Crippen LogP) is 1.79. The fourth-order valence-corrected chi connectivity index (χ4v) is 1.35. The number of rotatable bonds is 6. The highest BCUT2D eigenvalue weighted by molar-refractivity contribution is 5.94. The minimum absolute atomic E-state index is 0.179. The molecule has 0 fully saturated rings. The molecule has 122 valence electrons. The standard InChI is InChI=1S/C15H27NO5/c1-14(2,3)20-13(21-15(4,5)6)10-16-11(17)8-9-12(18)19-7/h8-9,13H,10H2,1-7H3,(H,16,17). The summed E-state index contributed by atoms with van der Waals surface area (Å²) in [6.45, 7) is 11.6. The molecule has 0 bridgehead atoms. The molecule has 0 aromatic carbocycles. The summed E-state index contributed by atoms with van der Waals surface area (Å²) in [5.41, 5.74) is -0.801. The quantitative estimate of drug-likeness (QED) is 0.460. The summed E-state index contributed by atoms with van der Waals surface area (Å²) in [5.74, 6) is -1.00. The van der Waals surface area contributed by atoms with Crippen molar-refractivity contribution >= 4 is 11.9 Å². The topological polar surface area (TPSA) is 73.9 Å². The Morgan fingerprint density at radius 3 is 1.86 bits per heavy atom. The Kier molecular flexibility index (Phi) is 7.60. The molecule has 0 aliphatic heterocycles. The van der Waals surface area contributed by atoms with E-state index in [1.54, 1.807) is 0 Å². The molecule has 0 saturated carbocycles. The first-order chi connectivity index (χ1) is 9.43.